The minimum Gasteiger partial charge on any atom is -0.361 e. The summed E-state index contributed by atoms with van der Waals surface area (Å²) in [6.07, 6.45) is 7.68. The Morgan fingerprint density at radius 1 is 1.25 bits per heavy atom. The molecule has 3 nitrogen and oxygen atoms in total. The van der Waals surface area contributed by atoms with Crippen LogP contribution in [0.4, 0.5) is 0 Å². The highest BCUT2D eigenvalue weighted by molar-refractivity contribution is 5.91. The second-order valence-electron chi connectivity index (χ2n) is 2.78. The molecule has 0 amide bonds. The number of imidazole rings is 1. The zero-order valence-electron chi connectivity index (χ0n) is 6.36. The fourth-order valence-electron chi connectivity index (χ4n) is 1.51. The number of hydrogen-bond acceptors (Lipinski definition) is 1. The molecule has 0 aromatic carbocycles. The zero-order valence-corrected chi connectivity index (χ0v) is 6.36. The van der Waals surface area contributed by atoms with Crippen molar-refractivity contribution in [2.45, 2.75) is 0 Å². The summed E-state index contributed by atoms with van der Waals surface area (Å²) in [4.78, 5) is 7.41. The van der Waals surface area contributed by atoms with Crippen LogP contribution in [0.25, 0.3) is 16.6 Å². The third-order valence-corrected chi connectivity index (χ3v) is 2.09. The maximum absolute atomic E-state index is 4.26. The summed E-state index contributed by atoms with van der Waals surface area (Å²) >= 11 is 0. The number of hydrogen-bond donors (Lipinski definition) is 1. The standard InChI is InChI=1S/C9H7N3/c1-3-10-8-2-5-12-6-4-11-9(12)7(1)8/h1-6,10H. The number of nitrogens with one attached hydrogen (secondary N) is 1. The molecule has 3 rings (SSSR count). The molecule has 0 saturated heterocycles. The Morgan fingerprint density at radius 2 is 2.25 bits per heavy atom. The molecule has 0 saturated carbocycles. The highest BCUT2D eigenvalue weighted by atomic mass is 15.0. The molecular formula is C9H7N3. The molecule has 3 aromatic heterocycles. The lowest BCUT2D eigenvalue weighted by Gasteiger charge is -1.93. The molecule has 0 radical (unpaired) electrons. The van der Waals surface area contributed by atoms with E-state index in [1.807, 2.05) is 41.3 Å². The van der Waals surface area contributed by atoms with Crippen LogP contribution in [0.1, 0.15) is 0 Å². The highest BCUT2D eigenvalue weighted by Crippen LogP contribution is 2.16. The largest absolute Gasteiger partial charge is 0.361 e. The smallest absolute Gasteiger partial charge is 0.146 e. The van der Waals surface area contributed by atoms with Gasteiger partial charge in [0.2, 0.25) is 0 Å². The van der Waals surface area contributed by atoms with Crippen molar-refractivity contribution >= 4 is 16.6 Å². The molecule has 3 heterocycles. The highest BCUT2D eigenvalue weighted by Gasteiger charge is 1.99. The lowest BCUT2D eigenvalue weighted by molar-refractivity contribution is 1.20. The Balaban J connectivity index is 2.71. The number of fused-ring (bicyclic) bond motifs is 3. The molecule has 1 N–H and O–H groups in total. The molecular weight excluding hydrogens is 150 g/mol. The fraction of sp³-hybridized carbons (Fsp3) is 0. The molecule has 3 aromatic rings. The SMILES string of the molecule is c1cn2ccc3[nH]ccc3c2n1. The van der Waals surface area contributed by atoms with Gasteiger partial charge in [0.05, 0.1) is 5.52 Å². The zero-order chi connectivity index (χ0) is 7.97. The Labute approximate surface area is 68.7 Å². The van der Waals surface area contributed by atoms with Gasteiger partial charge in [-0.05, 0) is 12.1 Å². The summed E-state index contributed by atoms with van der Waals surface area (Å²) in [5, 5.41) is 1.17. The fourth-order valence-corrected chi connectivity index (χ4v) is 1.51. The van der Waals surface area contributed by atoms with Gasteiger partial charge in [0.25, 0.3) is 0 Å². The van der Waals surface area contributed by atoms with Gasteiger partial charge >= 0.3 is 0 Å². The van der Waals surface area contributed by atoms with Gasteiger partial charge in [-0.25, -0.2) is 4.98 Å². The second-order valence-corrected chi connectivity index (χ2v) is 2.78. The Bertz CT molecular complexity index is 483. The van der Waals surface area contributed by atoms with E-state index in [9.17, 15) is 0 Å². The first-order chi connectivity index (χ1) is 5.95. The van der Waals surface area contributed by atoms with Gasteiger partial charge < -0.3 is 9.38 Å². The van der Waals surface area contributed by atoms with E-state index < -0.39 is 0 Å². The summed E-state index contributed by atoms with van der Waals surface area (Å²) in [7, 11) is 0. The molecule has 3 heteroatoms. The number of pyridine rings is 1. The Hall–Kier alpha value is -1.77. The van der Waals surface area contributed by atoms with Gasteiger partial charge in [0.1, 0.15) is 5.65 Å². The van der Waals surface area contributed by atoms with Crippen LogP contribution in [-0.2, 0) is 0 Å². The number of aromatic amines is 1. The molecule has 0 unspecified atom stereocenters. The van der Waals surface area contributed by atoms with Crippen LogP contribution in [0.15, 0.2) is 36.9 Å². The van der Waals surface area contributed by atoms with Crippen LogP contribution >= 0.6 is 0 Å². The third-order valence-electron chi connectivity index (χ3n) is 2.09. The van der Waals surface area contributed by atoms with Crippen molar-refractivity contribution in [3.05, 3.63) is 36.9 Å². The van der Waals surface area contributed by atoms with Crippen LogP contribution in [0.2, 0.25) is 0 Å². The third kappa shape index (κ3) is 0.580. The van der Waals surface area contributed by atoms with E-state index in [0.29, 0.717) is 0 Å². The van der Waals surface area contributed by atoms with Crippen LogP contribution in [0, 0.1) is 0 Å². The molecule has 0 aliphatic rings. The monoisotopic (exact) mass is 157 g/mol. The maximum Gasteiger partial charge on any atom is 0.146 e. The van der Waals surface area contributed by atoms with Gasteiger partial charge in [-0.3, -0.25) is 0 Å². The van der Waals surface area contributed by atoms with E-state index >= 15 is 0 Å². The maximum atomic E-state index is 4.26. The van der Waals surface area contributed by atoms with E-state index in [-0.39, 0.29) is 0 Å². The van der Waals surface area contributed by atoms with Crippen LogP contribution < -0.4 is 0 Å². The van der Waals surface area contributed by atoms with Gasteiger partial charge in [-0.1, -0.05) is 0 Å². The molecule has 0 atom stereocenters. The Morgan fingerprint density at radius 3 is 3.25 bits per heavy atom. The van der Waals surface area contributed by atoms with Crippen molar-refractivity contribution in [2.75, 3.05) is 0 Å². The average Bonchev–Trinajstić information content (AvgIpc) is 2.71. The second kappa shape index (κ2) is 1.88. The van der Waals surface area contributed by atoms with Crippen LogP contribution in [0.3, 0.4) is 0 Å². The molecule has 0 bridgehead atoms. The average molecular weight is 157 g/mol. The minimum absolute atomic E-state index is 1.01. The summed E-state index contributed by atoms with van der Waals surface area (Å²) in [6, 6.07) is 4.08. The van der Waals surface area contributed by atoms with Crippen LogP contribution in [-0.4, -0.2) is 14.4 Å². The normalized spacial score (nSPS) is 11.3. The molecule has 58 valence electrons. The Kier molecular flexibility index (Phi) is 0.913. The predicted octanol–water partition coefficient (Wildman–Crippen LogP) is 1.82. The van der Waals surface area contributed by atoms with E-state index in [2.05, 4.69) is 9.97 Å². The van der Waals surface area contributed by atoms with E-state index in [4.69, 9.17) is 0 Å². The quantitative estimate of drug-likeness (QED) is 0.530. The number of rotatable bonds is 0. The van der Waals surface area contributed by atoms with Gasteiger partial charge in [-0.15, -0.1) is 0 Å². The van der Waals surface area contributed by atoms with Crippen molar-refractivity contribution in [1.29, 1.82) is 0 Å². The molecule has 0 spiro atoms. The minimum atomic E-state index is 1.01. The van der Waals surface area contributed by atoms with Crippen molar-refractivity contribution in [3.63, 3.8) is 0 Å². The molecule has 0 aliphatic heterocycles. The summed E-state index contributed by atoms with van der Waals surface area (Å²) in [6.45, 7) is 0. The predicted molar refractivity (Wildman–Crippen MR) is 47.0 cm³/mol. The van der Waals surface area contributed by atoms with Crippen molar-refractivity contribution in [3.8, 4) is 0 Å². The number of H-pyrrole nitrogens is 1. The summed E-state index contributed by atoms with van der Waals surface area (Å²) in [5.41, 5.74) is 2.14. The molecule has 12 heavy (non-hydrogen) atoms. The van der Waals surface area contributed by atoms with Gasteiger partial charge in [0, 0.05) is 30.2 Å². The lowest BCUT2D eigenvalue weighted by Crippen LogP contribution is -1.81. The molecule has 0 fully saturated rings. The lowest BCUT2D eigenvalue weighted by atomic mass is 10.3. The first-order valence-corrected chi connectivity index (χ1v) is 3.84. The first-order valence-electron chi connectivity index (χ1n) is 3.84. The van der Waals surface area contributed by atoms with E-state index in [1.165, 1.54) is 5.39 Å². The molecule has 0 aliphatic carbocycles. The van der Waals surface area contributed by atoms with E-state index in [1.54, 1.807) is 0 Å². The first kappa shape index (κ1) is 5.83. The van der Waals surface area contributed by atoms with Crippen molar-refractivity contribution in [2.24, 2.45) is 0 Å². The van der Waals surface area contributed by atoms with Gasteiger partial charge in [-0.2, -0.15) is 0 Å². The van der Waals surface area contributed by atoms with Crippen LogP contribution in [0.5, 0.6) is 0 Å². The number of nitrogens with zero attached hydrogens (tertiary/aromatic N) is 2. The van der Waals surface area contributed by atoms with Gasteiger partial charge in [0.15, 0.2) is 0 Å². The summed E-state index contributed by atoms with van der Waals surface area (Å²) in [5.74, 6) is 0. The van der Waals surface area contributed by atoms with Crippen molar-refractivity contribution in [1.82, 2.24) is 14.4 Å². The topological polar surface area (TPSA) is 33.1 Å². The number of aromatic nitrogens is 3. The van der Waals surface area contributed by atoms with E-state index in [0.717, 1.165) is 11.2 Å². The van der Waals surface area contributed by atoms with Crippen molar-refractivity contribution < 1.29 is 0 Å². The summed E-state index contributed by atoms with van der Waals surface area (Å²) < 4.78 is 2.01.